The highest BCUT2D eigenvalue weighted by atomic mass is 16.6. The molecule has 0 atom stereocenters. The summed E-state index contributed by atoms with van der Waals surface area (Å²) in [7, 11) is 0. The van der Waals surface area contributed by atoms with Crippen molar-refractivity contribution in [3.63, 3.8) is 0 Å². The SMILES string of the molecule is [N-]=[N+]=Nc1nonc1N=Nc1nonc1N=[N+]=[N-]. The molecule has 0 N–H and O–H groups in total. The summed E-state index contributed by atoms with van der Waals surface area (Å²) in [5.74, 6) is -0.767. The van der Waals surface area contributed by atoms with E-state index in [1.807, 2.05) is 0 Å². The lowest BCUT2D eigenvalue weighted by Gasteiger charge is -1.82. The van der Waals surface area contributed by atoms with Crippen molar-refractivity contribution >= 4 is 23.3 Å². The lowest BCUT2D eigenvalue weighted by atomic mass is 10.7. The molecule has 2 aromatic heterocycles. The van der Waals surface area contributed by atoms with Crippen LogP contribution in [0.2, 0.25) is 0 Å². The Kier molecular flexibility index (Phi) is 3.07. The van der Waals surface area contributed by atoms with Crippen molar-refractivity contribution in [3.05, 3.63) is 20.9 Å². The van der Waals surface area contributed by atoms with Crippen molar-refractivity contribution in [1.29, 1.82) is 0 Å². The second-order valence-corrected chi connectivity index (χ2v) is 2.40. The molecule has 0 saturated carbocycles. The van der Waals surface area contributed by atoms with Gasteiger partial charge in [0.05, 0.1) is 0 Å². The van der Waals surface area contributed by atoms with Gasteiger partial charge in [-0.1, -0.05) is 0 Å². The Hall–Kier alpha value is -3.50. The zero-order valence-corrected chi connectivity index (χ0v) is 8.18. The Morgan fingerprint density at radius 2 is 1.11 bits per heavy atom. The monoisotopic (exact) mass is 248 g/mol. The summed E-state index contributed by atoms with van der Waals surface area (Å²) in [4.78, 5) is 4.96. The van der Waals surface area contributed by atoms with Crippen LogP contribution in [0, 0.1) is 0 Å². The first kappa shape index (κ1) is 11.0. The highest BCUT2D eigenvalue weighted by Crippen LogP contribution is 2.28. The van der Waals surface area contributed by atoms with E-state index in [-0.39, 0.29) is 23.3 Å². The van der Waals surface area contributed by atoms with Gasteiger partial charge in [0, 0.05) is 9.82 Å². The van der Waals surface area contributed by atoms with E-state index in [0.29, 0.717) is 0 Å². The third-order valence-electron chi connectivity index (χ3n) is 1.43. The largest absolute Gasteiger partial charge is 0.247 e. The van der Waals surface area contributed by atoms with Crippen LogP contribution in [0.15, 0.2) is 29.7 Å². The molecule has 88 valence electrons. The summed E-state index contributed by atoms with van der Waals surface area (Å²) < 4.78 is 8.57. The molecule has 0 unspecified atom stereocenters. The van der Waals surface area contributed by atoms with Crippen LogP contribution in [0.5, 0.6) is 0 Å². The quantitative estimate of drug-likeness (QED) is 0.451. The van der Waals surface area contributed by atoms with Crippen LogP contribution in [0.4, 0.5) is 23.3 Å². The number of azo groups is 1. The Labute approximate surface area is 95.5 Å². The summed E-state index contributed by atoms with van der Waals surface area (Å²) >= 11 is 0. The van der Waals surface area contributed by atoms with E-state index in [2.05, 4.69) is 60.2 Å². The van der Waals surface area contributed by atoms with Gasteiger partial charge in [-0.3, -0.25) is 0 Å². The van der Waals surface area contributed by atoms with Crippen molar-refractivity contribution in [3.8, 4) is 0 Å². The van der Waals surface area contributed by atoms with Gasteiger partial charge in [0.15, 0.2) is 0 Å². The maximum atomic E-state index is 8.21. The highest BCUT2D eigenvalue weighted by Gasteiger charge is 2.10. The van der Waals surface area contributed by atoms with E-state index in [1.165, 1.54) is 0 Å². The minimum absolute atomic E-state index is 0.178. The van der Waals surface area contributed by atoms with E-state index in [4.69, 9.17) is 11.1 Å². The second-order valence-electron chi connectivity index (χ2n) is 2.40. The van der Waals surface area contributed by atoms with E-state index in [0.717, 1.165) is 0 Å². The maximum Gasteiger partial charge on any atom is 0.247 e. The standard InChI is InChI=1S/C4N12O2/c5-15-9-3-1(11-17-13-3)7-8-2-4(10-16-6)14-18-12-2. The third-order valence-corrected chi connectivity index (χ3v) is 1.43. The Bertz CT molecular complexity index is 610. The minimum atomic E-state index is -0.206. The van der Waals surface area contributed by atoms with Gasteiger partial charge in [0.25, 0.3) is 0 Å². The average molecular weight is 248 g/mol. The first-order valence-electron chi connectivity index (χ1n) is 4.02. The number of aromatic nitrogens is 4. The molecule has 14 heteroatoms. The molecule has 14 nitrogen and oxygen atoms in total. The summed E-state index contributed by atoms with van der Waals surface area (Å²) in [6, 6.07) is 0. The van der Waals surface area contributed by atoms with Gasteiger partial charge in [-0.05, 0) is 41.9 Å². The lowest BCUT2D eigenvalue weighted by molar-refractivity contribution is 0.308. The van der Waals surface area contributed by atoms with Crippen LogP contribution in [0.3, 0.4) is 0 Å². The van der Waals surface area contributed by atoms with Crippen LogP contribution in [0.1, 0.15) is 0 Å². The summed E-state index contributed by atoms with van der Waals surface area (Å²) in [6.07, 6.45) is 0. The van der Waals surface area contributed by atoms with Crippen LogP contribution in [-0.2, 0) is 0 Å². The molecule has 0 fully saturated rings. The molecule has 2 heterocycles. The van der Waals surface area contributed by atoms with Crippen molar-refractivity contribution < 1.29 is 9.26 Å². The van der Waals surface area contributed by atoms with E-state index < -0.39 is 0 Å². The van der Waals surface area contributed by atoms with Gasteiger partial charge in [-0.15, -0.1) is 10.2 Å². The number of rotatable bonds is 4. The average Bonchev–Trinajstić information content (AvgIpc) is 2.97. The third kappa shape index (κ3) is 2.19. The van der Waals surface area contributed by atoms with Crippen LogP contribution in [-0.4, -0.2) is 20.6 Å². The summed E-state index contributed by atoms with van der Waals surface area (Å²) in [6.45, 7) is 0. The van der Waals surface area contributed by atoms with Crippen LogP contribution >= 0.6 is 0 Å². The van der Waals surface area contributed by atoms with Crippen molar-refractivity contribution in [1.82, 2.24) is 20.6 Å². The minimum Gasteiger partial charge on any atom is -0.242 e. The molecule has 0 radical (unpaired) electrons. The smallest absolute Gasteiger partial charge is 0.242 e. The van der Waals surface area contributed by atoms with E-state index in [9.17, 15) is 0 Å². The fraction of sp³-hybridized carbons (Fsp3) is 0. The molecular weight excluding hydrogens is 248 g/mol. The first-order chi connectivity index (χ1) is 8.85. The maximum absolute atomic E-state index is 8.21. The van der Waals surface area contributed by atoms with Crippen LogP contribution in [0.25, 0.3) is 20.9 Å². The molecule has 0 spiro atoms. The fourth-order valence-corrected chi connectivity index (χ4v) is 0.790. The Balaban J connectivity index is 2.30. The summed E-state index contributed by atoms with van der Waals surface area (Å²) in [5, 5.41) is 26.5. The first-order valence-corrected chi connectivity index (χ1v) is 4.02. The zero-order valence-electron chi connectivity index (χ0n) is 8.18. The van der Waals surface area contributed by atoms with Gasteiger partial charge < -0.3 is 0 Å². The van der Waals surface area contributed by atoms with Crippen molar-refractivity contribution in [2.24, 2.45) is 20.5 Å². The number of azide groups is 2. The Morgan fingerprint density at radius 3 is 1.50 bits per heavy atom. The molecule has 0 aliphatic heterocycles. The van der Waals surface area contributed by atoms with Gasteiger partial charge in [-0.2, -0.15) is 0 Å². The molecule has 0 aliphatic carbocycles. The molecule has 0 saturated heterocycles. The van der Waals surface area contributed by atoms with Crippen molar-refractivity contribution in [2.75, 3.05) is 0 Å². The number of hydrogen-bond acceptors (Lipinski definition) is 10. The fourth-order valence-electron chi connectivity index (χ4n) is 0.790. The van der Waals surface area contributed by atoms with Gasteiger partial charge in [0.2, 0.25) is 23.3 Å². The molecule has 0 bridgehead atoms. The molecule has 2 aromatic rings. The highest BCUT2D eigenvalue weighted by molar-refractivity contribution is 5.50. The lowest BCUT2D eigenvalue weighted by Crippen LogP contribution is -1.64. The molecule has 18 heavy (non-hydrogen) atoms. The molecule has 0 aromatic carbocycles. The molecule has 0 aliphatic rings. The van der Waals surface area contributed by atoms with E-state index in [1.54, 1.807) is 0 Å². The van der Waals surface area contributed by atoms with Crippen LogP contribution < -0.4 is 0 Å². The predicted octanol–water partition coefficient (Wildman–Crippen LogP) is 2.75. The number of hydrogen-bond donors (Lipinski definition) is 0. The normalized spacial score (nSPS) is 10.0. The second kappa shape index (κ2) is 5.02. The summed E-state index contributed by atoms with van der Waals surface area (Å²) in [5.41, 5.74) is 16.4. The van der Waals surface area contributed by atoms with E-state index >= 15 is 0 Å². The van der Waals surface area contributed by atoms with Gasteiger partial charge in [-0.25, -0.2) is 9.26 Å². The van der Waals surface area contributed by atoms with Crippen molar-refractivity contribution in [2.45, 2.75) is 0 Å². The van der Waals surface area contributed by atoms with Gasteiger partial charge >= 0.3 is 0 Å². The van der Waals surface area contributed by atoms with Gasteiger partial charge in [0.1, 0.15) is 0 Å². The topological polar surface area (TPSA) is 200 Å². The molecule has 2 rings (SSSR count). The molecular formula is C4N12O2. The number of nitrogens with zero attached hydrogens (tertiary/aromatic N) is 12. The molecule has 0 amide bonds. The predicted molar refractivity (Wildman–Crippen MR) is 50.4 cm³/mol. The zero-order chi connectivity index (χ0) is 12.8. The Morgan fingerprint density at radius 1 is 0.722 bits per heavy atom.